The van der Waals surface area contributed by atoms with E-state index >= 15 is 0 Å². The smallest absolute Gasteiger partial charge is 0.222 e. The van der Waals surface area contributed by atoms with E-state index in [9.17, 15) is 4.79 Å². The van der Waals surface area contributed by atoms with Gasteiger partial charge < -0.3 is 9.80 Å². The van der Waals surface area contributed by atoms with Crippen LogP contribution < -0.4 is 0 Å². The number of aryl methyl sites for hydroxylation is 1. The zero-order valence-electron chi connectivity index (χ0n) is 14.9. The minimum Gasteiger partial charge on any atom is -0.345 e. The predicted octanol–water partition coefficient (Wildman–Crippen LogP) is 1.87. The first-order valence-electron chi connectivity index (χ1n) is 8.53. The van der Waals surface area contributed by atoms with Gasteiger partial charge >= 0.3 is 0 Å². The predicted molar refractivity (Wildman–Crippen MR) is 96.0 cm³/mol. The number of piperazine rings is 1. The Morgan fingerprint density at radius 3 is 2.70 bits per heavy atom. The summed E-state index contributed by atoms with van der Waals surface area (Å²) in [4.78, 5) is 24.6. The fourth-order valence-electron chi connectivity index (χ4n) is 2.93. The van der Waals surface area contributed by atoms with Crippen molar-refractivity contribution in [2.75, 3.05) is 46.8 Å². The van der Waals surface area contributed by atoms with Crippen molar-refractivity contribution in [2.24, 2.45) is 0 Å². The molecule has 0 aromatic carbocycles. The fourth-order valence-corrected chi connectivity index (χ4v) is 3.70. The summed E-state index contributed by atoms with van der Waals surface area (Å²) in [6.07, 6.45) is 2.50. The van der Waals surface area contributed by atoms with Crippen molar-refractivity contribution in [1.82, 2.24) is 19.7 Å². The van der Waals surface area contributed by atoms with Crippen LogP contribution in [0.25, 0.3) is 0 Å². The van der Waals surface area contributed by atoms with Crippen molar-refractivity contribution < 1.29 is 4.79 Å². The molecule has 6 heteroatoms. The fraction of sp³-hybridized carbons (Fsp3) is 0.765. The summed E-state index contributed by atoms with van der Waals surface area (Å²) in [6, 6.07) is 0.491. The monoisotopic (exact) mass is 338 g/mol. The number of hydrogen-bond donors (Lipinski definition) is 0. The van der Waals surface area contributed by atoms with Crippen LogP contribution in [-0.2, 0) is 11.2 Å². The third-order valence-corrected chi connectivity index (χ3v) is 5.88. The topological polar surface area (TPSA) is 39.7 Å². The van der Waals surface area contributed by atoms with E-state index in [0.717, 1.165) is 51.3 Å². The van der Waals surface area contributed by atoms with Crippen molar-refractivity contribution in [1.29, 1.82) is 0 Å². The average Bonchev–Trinajstić information content (AvgIpc) is 2.95. The summed E-state index contributed by atoms with van der Waals surface area (Å²) in [5.74, 6) is 0.258. The van der Waals surface area contributed by atoms with E-state index in [1.807, 2.05) is 24.4 Å². The summed E-state index contributed by atoms with van der Waals surface area (Å²) in [5, 5.41) is 0. The van der Waals surface area contributed by atoms with Crippen molar-refractivity contribution in [3.63, 3.8) is 0 Å². The maximum Gasteiger partial charge on any atom is 0.222 e. The second kappa shape index (κ2) is 8.76. The summed E-state index contributed by atoms with van der Waals surface area (Å²) >= 11 is 1.68. The molecule has 2 heterocycles. The maximum absolute atomic E-state index is 12.3. The van der Waals surface area contributed by atoms with Gasteiger partial charge in [-0.05, 0) is 27.3 Å². The van der Waals surface area contributed by atoms with E-state index in [1.54, 1.807) is 11.3 Å². The van der Waals surface area contributed by atoms with Crippen LogP contribution in [-0.4, -0.2) is 78.5 Å². The first-order chi connectivity index (χ1) is 11.0. The number of thiazole rings is 1. The molecule has 0 N–H and O–H groups in total. The second-order valence-corrected chi connectivity index (χ2v) is 7.59. The Hall–Kier alpha value is -0.980. The normalized spacial score (nSPS) is 18.1. The minimum absolute atomic E-state index is 0.258. The van der Waals surface area contributed by atoms with E-state index < -0.39 is 0 Å². The maximum atomic E-state index is 12.3. The Balaban J connectivity index is 1.68. The lowest BCUT2D eigenvalue weighted by molar-refractivity contribution is -0.130. The highest BCUT2D eigenvalue weighted by atomic mass is 32.1. The number of carbonyl (C=O) groups is 1. The lowest BCUT2D eigenvalue weighted by Crippen LogP contribution is -2.48. The summed E-state index contributed by atoms with van der Waals surface area (Å²) in [5.41, 5.74) is 2.98. The zero-order chi connectivity index (χ0) is 16.8. The Morgan fingerprint density at radius 1 is 1.39 bits per heavy atom. The first kappa shape index (κ1) is 18.4. The molecule has 0 aliphatic carbocycles. The molecule has 1 aromatic heterocycles. The van der Waals surface area contributed by atoms with Gasteiger partial charge in [0.05, 0.1) is 11.2 Å². The molecule has 130 valence electrons. The van der Waals surface area contributed by atoms with Gasteiger partial charge in [-0.2, -0.15) is 0 Å². The molecule has 1 aliphatic heterocycles. The van der Waals surface area contributed by atoms with Crippen LogP contribution in [0, 0.1) is 6.92 Å². The molecule has 1 aromatic rings. The van der Waals surface area contributed by atoms with Gasteiger partial charge in [-0.1, -0.05) is 0 Å². The first-order valence-corrected chi connectivity index (χ1v) is 9.41. The molecule has 2 rings (SSSR count). The second-order valence-electron chi connectivity index (χ2n) is 6.65. The van der Waals surface area contributed by atoms with Crippen LogP contribution >= 0.6 is 11.3 Å². The minimum atomic E-state index is 0.258. The SMILES string of the molecule is Cc1ncsc1CCN(C)C(=O)CCC(C)N1CCN(C)CC1. The standard InChI is InChI=1S/C17H30N4OS/c1-14(21-11-9-19(3)10-12-21)5-6-17(22)20(4)8-7-16-15(2)18-13-23-16/h13-14H,5-12H2,1-4H3. The summed E-state index contributed by atoms with van der Waals surface area (Å²) < 4.78 is 0. The van der Waals surface area contributed by atoms with Gasteiger partial charge in [0.25, 0.3) is 0 Å². The number of likely N-dealkylation sites (N-methyl/N-ethyl adjacent to an activating group) is 2. The van der Waals surface area contributed by atoms with Crippen LogP contribution in [0.5, 0.6) is 0 Å². The number of nitrogens with zero attached hydrogens (tertiary/aromatic N) is 4. The number of rotatable bonds is 7. The molecule has 0 radical (unpaired) electrons. The Bertz CT molecular complexity index is 497. The molecular formula is C17H30N4OS. The van der Waals surface area contributed by atoms with Crippen LogP contribution in [0.15, 0.2) is 5.51 Å². The van der Waals surface area contributed by atoms with Gasteiger partial charge in [-0.15, -0.1) is 11.3 Å². The molecule has 0 bridgehead atoms. The molecule has 5 nitrogen and oxygen atoms in total. The molecule has 1 unspecified atom stereocenters. The van der Waals surface area contributed by atoms with Crippen molar-refractivity contribution in [2.45, 2.75) is 39.2 Å². The van der Waals surface area contributed by atoms with Crippen LogP contribution in [0.2, 0.25) is 0 Å². The third-order valence-electron chi connectivity index (χ3n) is 4.88. The summed E-state index contributed by atoms with van der Waals surface area (Å²) in [7, 11) is 4.09. The third kappa shape index (κ3) is 5.55. The molecule has 0 saturated carbocycles. The zero-order valence-corrected chi connectivity index (χ0v) is 15.7. The number of hydrogen-bond acceptors (Lipinski definition) is 5. The van der Waals surface area contributed by atoms with E-state index in [2.05, 4.69) is 28.8 Å². The molecule has 0 spiro atoms. The molecule has 23 heavy (non-hydrogen) atoms. The number of amides is 1. The van der Waals surface area contributed by atoms with Crippen LogP contribution in [0.4, 0.5) is 0 Å². The summed E-state index contributed by atoms with van der Waals surface area (Å²) in [6.45, 7) is 9.56. The van der Waals surface area contributed by atoms with Gasteiger partial charge in [0.15, 0.2) is 0 Å². The molecule has 1 saturated heterocycles. The van der Waals surface area contributed by atoms with Gasteiger partial charge in [0.1, 0.15) is 0 Å². The highest BCUT2D eigenvalue weighted by Crippen LogP contribution is 2.14. The highest BCUT2D eigenvalue weighted by molar-refractivity contribution is 7.09. The van der Waals surface area contributed by atoms with Gasteiger partial charge in [0.2, 0.25) is 5.91 Å². The lowest BCUT2D eigenvalue weighted by Gasteiger charge is -2.36. The van der Waals surface area contributed by atoms with Crippen molar-refractivity contribution in [3.05, 3.63) is 16.1 Å². The van der Waals surface area contributed by atoms with Crippen molar-refractivity contribution in [3.8, 4) is 0 Å². The van der Waals surface area contributed by atoms with E-state index in [1.165, 1.54) is 4.88 Å². The molecular weight excluding hydrogens is 308 g/mol. The van der Waals surface area contributed by atoms with E-state index in [4.69, 9.17) is 0 Å². The number of carbonyl (C=O) groups excluding carboxylic acids is 1. The van der Waals surface area contributed by atoms with Gasteiger partial charge in [-0.25, -0.2) is 4.98 Å². The Morgan fingerprint density at radius 2 is 2.09 bits per heavy atom. The average molecular weight is 339 g/mol. The van der Waals surface area contributed by atoms with E-state index in [-0.39, 0.29) is 5.91 Å². The molecule has 1 atom stereocenters. The molecule has 1 aliphatic rings. The molecule has 1 fully saturated rings. The van der Waals surface area contributed by atoms with E-state index in [0.29, 0.717) is 12.5 Å². The quantitative estimate of drug-likeness (QED) is 0.761. The highest BCUT2D eigenvalue weighted by Gasteiger charge is 2.20. The van der Waals surface area contributed by atoms with Gasteiger partial charge in [0, 0.05) is 63.5 Å². The number of aromatic nitrogens is 1. The lowest BCUT2D eigenvalue weighted by atomic mass is 10.1. The van der Waals surface area contributed by atoms with Crippen LogP contribution in [0.3, 0.4) is 0 Å². The Kier molecular flexibility index (Phi) is 6.99. The van der Waals surface area contributed by atoms with Gasteiger partial charge in [-0.3, -0.25) is 9.69 Å². The van der Waals surface area contributed by atoms with Crippen molar-refractivity contribution >= 4 is 17.2 Å². The Labute approximate surface area is 144 Å². The molecule has 1 amide bonds. The van der Waals surface area contributed by atoms with Crippen LogP contribution in [0.1, 0.15) is 30.3 Å². The largest absolute Gasteiger partial charge is 0.345 e.